The molecule has 1 heteroatoms. The summed E-state index contributed by atoms with van der Waals surface area (Å²) >= 11 is -2.69. The summed E-state index contributed by atoms with van der Waals surface area (Å²) in [5.74, 6) is 0.568. The Labute approximate surface area is 235 Å². The standard InChI is InChI=1S/C13H9.C13H10.C11H17.Zr/c1-3-7-12-10(5-1)9-11-6-2-4-8-13(11)12;1-3-7-12(8-4-1)11-13-9-5-2-6-10-13;1-3-5-10-7-8-11(9-10)6-4-2;/h1-9H;1-10H;7-8,10H,3-6H2,1-2H3;. The third kappa shape index (κ3) is 4.60. The number of allylic oxidation sites excluding steroid dienone is 4. The molecule has 6 rings (SSSR count). The van der Waals surface area contributed by atoms with Crippen molar-refractivity contribution in [3.63, 3.8) is 0 Å². The molecule has 0 fully saturated rings. The maximum absolute atomic E-state index is 2.69. The van der Waals surface area contributed by atoms with Gasteiger partial charge in [0, 0.05) is 0 Å². The molecular weight excluding hydrogens is 536 g/mol. The van der Waals surface area contributed by atoms with Crippen molar-refractivity contribution in [1.82, 2.24) is 0 Å². The normalized spacial score (nSPS) is 16.0. The summed E-state index contributed by atoms with van der Waals surface area (Å²) in [7, 11) is 0. The van der Waals surface area contributed by atoms with Gasteiger partial charge in [-0.3, -0.25) is 0 Å². The minimum absolute atomic E-state index is 0.473. The first-order valence-electron chi connectivity index (χ1n) is 14.3. The Balaban J connectivity index is 1.75. The first kappa shape index (κ1) is 25.4. The maximum atomic E-state index is 2.56. The van der Waals surface area contributed by atoms with Crippen molar-refractivity contribution in [3.05, 3.63) is 152 Å². The predicted octanol–water partition coefficient (Wildman–Crippen LogP) is 9.68. The van der Waals surface area contributed by atoms with Crippen molar-refractivity contribution < 1.29 is 21.3 Å². The number of hydrogen-bond acceptors (Lipinski definition) is 0. The molecule has 2 aliphatic rings. The minimum atomic E-state index is -2.69. The first-order valence-corrected chi connectivity index (χ1v) is 18.1. The van der Waals surface area contributed by atoms with E-state index in [4.69, 9.17) is 0 Å². The van der Waals surface area contributed by atoms with Gasteiger partial charge in [0.25, 0.3) is 0 Å². The molecule has 4 aromatic rings. The van der Waals surface area contributed by atoms with Crippen LogP contribution in [0.25, 0.3) is 11.1 Å². The molecule has 0 saturated carbocycles. The van der Waals surface area contributed by atoms with E-state index in [2.05, 4.69) is 135 Å². The number of benzene rings is 4. The van der Waals surface area contributed by atoms with Gasteiger partial charge in [-0.1, -0.05) is 0 Å². The average Bonchev–Trinajstić information content (AvgIpc) is 3.52. The van der Waals surface area contributed by atoms with Crippen molar-refractivity contribution in [2.45, 2.75) is 43.2 Å². The van der Waals surface area contributed by atoms with Crippen molar-refractivity contribution >= 4 is 3.21 Å². The van der Waals surface area contributed by atoms with Crippen LogP contribution in [0.5, 0.6) is 0 Å². The topological polar surface area (TPSA) is 0 Å². The van der Waals surface area contributed by atoms with Gasteiger partial charge in [-0.05, 0) is 0 Å². The number of rotatable bonds is 8. The van der Waals surface area contributed by atoms with Crippen LogP contribution in [0.4, 0.5) is 0 Å². The van der Waals surface area contributed by atoms with Gasteiger partial charge in [0.15, 0.2) is 0 Å². The van der Waals surface area contributed by atoms with Gasteiger partial charge >= 0.3 is 237 Å². The monoisotopic (exact) mass is 570 g/mol. The summed E-state index contributed by atoms with van der Waals surface area (Å²) in [5, 5.41) is 0. The van der Waals surface area contributed by atoms with Gasteiger partial charge in [-0.2, -0.15) is 0 Å². The fraction of sp³-hybridized carbons (Fsp3) is 0.216. The summed E-state index contributed by atoms with van der Waals surface area (Å²) in [6.45, 7) is 4.69. The van der Waals surface area contributed by atoms with Crippen LogP contribution in [-0.4, -0.2) is 3.21 Å². The average molecular weight is 572 g/mol. The van der Waals surface area contributed by atoms with Gasteiger partial charge in [-0.25, -0.2) is 0 Å². The van der Waals surface area contributed by atoms with E-state index in [0.29, 0.717) is 9.54 Å². The number of fused-ring (bicyclic) bond motifs is 3. The van der Waals surface area contributed by atoms with Crippen LogP contribution in [0.2, 0.25) is 0 Å². The Morgan fingerprint density at radius 3 is 1.68 bits per heavy atom. The van der Waals surface area contributed by atoms with E-state index in [1.807, 2.05) is 3.28 Å². The zero-order chi connectivity index (χ0) is 25.9. The molecule has 188 valence electrons. The quantitative estimate of drug-likeness (QED) is 0.197. The zero-order valence-electron chi connectivity index (χ0n) is 22.5. The summed E-state index contributed by atoms with van der Waals surface area (Å²) in [6, 6.07) is 41.3. The number of hydrogen-bond donors (Lipinski definition) is 0. The molecule has 0 heterocycles. The van der Waals surface area contributed by atoms with Crippen LogP contribution < -0.4 is 0 Å². The predicted molar refractivity (Wildman–Crippen MR) is 159 cm³/mol. The molecule has 38 heavy (non-hydrogen) atoms. The molecule has 4 aromatic carbocycles. The summed E-state index contributed by atoms with van der Waals surface area (Å²) in [5.41, 5.74) is 10.5. The third-order valence-electron chi connectivity index (χ3n) is 8.17. The van der Waals surface area contributed by atoms with Crippen LogP contribution in [0.1, 0.15) is 65.4 Å². The van der Waals surface area contributed by atoms with Gasteiger partial charge in [0.2, 0.25) is 0 Å². The van der Waals surface area contributed by atoms with Gasteiger partial charge in [0.05, 0.1) is 0 Å². The molecule has 0 nitrogen and oxygen atoms in total. The van der Waals surface area contributed by atoms with Crippen LogP contribution in [-0.2, 0) is 21.3 Å². The second kappa shape index (κ2) is 11.5. The third-order valence-corrected chi connectivity index (χ3v) is 17.0. The Morgan fingerprint density at radius 2 is 1.16 bits per heavy atom. The molecule has 1 unspecified atom stereocenters. The summed E-state index contributed by atoms with van der Waals surface area (Å²) in [4.78, 5) is 0. The molecule has 2 aliphatic carbocycles. The molecule has 1 atom stereocenters. The van der Waals surface area contributed by atoms with Crippen LogP contribution in [0, 0.1) is 5.92 Å². The van der Waals surface area contributed by atoms with Crippen molar-refractivity contribution in [2.24, 2.45) is 5.92 Å². The fourth-order valence-electron chi connectivity index (χ4n) is 6.66. The molecule has 0 aliphatic heterocycles. The molecule has 0 saturated heterocycles. The molecule has 0 spiro atoms. The van der Waals surface area contributed by atoms with Crippen molar-refractivity contribution in [3.8, 4) is 11.1 Å². The van der Waals surface area contributed by atoms with E-state index >= 15 is 0 Å². The Kier molecular flexibility index (Phi) is 7.66. The molecule has 0 amide bonds. The van der Waals surface area contributed by atoms with Crippen molar-refractivity contribution in [1.29, 1.82) is 0 Å². The summed E-state index contributed by atoms with van der Waals surface area (Å²) in [6.07, 6.45) is 9.92. The molecular formula is C37H36Zr. The molecule has 0 radical (unpaired) electrons. The Hall–Kier alpha value is -2.89. The Bertz CT molecular complexity index is 1430. The SMILES string of the molecule is CCCC1=[C]([Zr](=[C](c2ccccc2)c2ccccc2)[CH]2c3ccccc3-c3ccccc32)C(CCC)C=C1. The fourth-order valence-corrected chi connectivity index (χ4v) is 16.8. The van der Waals surface area contributed by atoms with Crippen LogP contribution in [0.3, 0.4) is 0 Å². The van der Waals surface area contributed by atoms with Gasteiger partial charge in [-0.15, -0.1) is 0 Å². The molecule has 0 aromatic heterocycles. The van der Waals surface area contributed by atoms with Gasteiger partial charge < -0.3 is 0 Å². The van der Waals surface area contributed by atoms with Gasteiger partial charge in [0.1, 0.15) is 0 Å². The van der Waals surface area contributed by atoms with E-state index in [0.717, 1.165) is 0 Å². The summed E-state index contributed by atoms with van der Waals surface area (Å²) < 4.78 is 3.97. The second-order valence-electron chi connectivity index (χ2n) is 10.6. The van der Waals surface area contributed by atoms with E-state index < -0.39 is 21.3 Å². The zero-order valence-corrected chi connectivity index (χ0v) is 25.0. The van der Waals surface area contributed by atoms with E-state index in [1.165, 1.54) is 47.9 Å². The first-order chi connectivity index (χ1) is 18.8. The molecule has 0 N–H and O–H groups in total. The van der Waals surface area contributed by atoms with Crippen LogP contribution in [0.15, 0.2) is 130 Å². The van der Waals surface area contributed by atoms with Crippen molar-refractivity contribution in [2.75, 3.05) is 0 Å². The second-order valence-corrected chi connectivity index (χ2v) is 16.6. The van der Waals surface area contributed by atoms with E-state index in [9.17, 15) is 0 Å². The van der Waals surface area contributed by atoms with E-state index in [-0.39, 0.29) is 0 Å². The molecule has 0 bridgehead atoms. The van der Waals surface area contributed by atoms with Crippen LogP contribution >= 0.6 is 0 Å². The van der Waals surface area contributed by atoms with E-state index in [1.54, 1.807) is 19.9 Å². The Morgan fingerprint density at radius 1 is 0.632 bits per heavy atom.